The quantitative estimate of drug-likeness (QED) is 0.154. The number of hydrogen-bond donors (Lipinski definition) is 3. The molecule has 4 heterocycles. The number of rotatable bonds is 7. The number of hydrogen-bond acceptors (Lipinski definition) is 13. The number of nitrogens with two attached hydrogens (primary N) is 1. The average Bonchev–Trinajstić information content (AvgIpc) is 3.73. The first kappa shape index (κ1) is 44.1. The van der Waals surface area contributed by atoms with Crippen LogP contribution in [0.3, 0.4) is 0 Å². The minimum atomic E-state index is -1.68. The number of primary amides is 1. The molecular formula is C48H43N7O9. The lowest BCUT2D eigenvalue weighted by Gasteiger charge is -2.13. The van der Waals surface area contributed by atoms with Crippen molar-refractivity contribution in [3.05, 3.63) is 107 Å². The molecule has 0 saturated carbocycles. The molecule has 2 fully saturated rings. The third-order valence-electron chi connectivity index (χ3n) is 10.6. The molecule has 2 aliphatic rings. The molecule has 0 spiro atoms. The van der Waals surface area contributed by atoms with E-state index >= 15 is 0 Å². The fraction of sp³-hybridized carbons (Fsp3) is 0.250. The Morgan fingerprint density at radius 2 is 1.14 bits per heavy atom. The first-order valence-electron chi connectivity index (χ1n) is 20.1. The first-order valence-corrected chi connectivity index (χ1v) is 20.1. The van der Waals surface area contributed by atoms with Gasteiger partial charge >= 0.3 is 5.97 Å². The highest BCUT2D eigenvalue weighted by atomic mass is 16.5. The molecule has 2 aliphatic heterocycles. The van der Waals surface area contributed by atoms with Crippen molar-refractivity contribution in [1.29, 1.82) is 0 Å². The van der Waals surface area contributed by atoms with Crippen LogP contribution in [-0.2, 0) is 14.3 Å². The van der Waals surface area contributed by atoms with E-state index in [-0.39, 0.29) is 30.8 Å². The zero-order valence-electron chi connectivity index (χ0n) is 35.6. The summed E-state index contributed by atoms with van der Waals surface area (Å²) in [6, 6.07) is 24.5. The number of amides is 3. The normalized spacial score (nSPS) is 17.8. The molecule has 16 nitrogen and oxygen atoms in total. The first-order chi connectivity index (χ1) is 30.6. The van der Waals surface area contributed by atoms with Gasteiger partial charge in [-0.3, -0.25) is 14.4 Å². The summed E-state index contributed by atoms with van der Waals surface area (Å²) >= 11 is 0. The Kier molecular flexibility index (Phi) is 12.6. The van der Waals surface area contributed by atoms with Crippen molar-refractivity contribution < 1.29 is 43.6 Å². The van der Waals surface area contributed by atoms with Crippen LogP contribution < -0.4 is 15.2 Å². The van der Waals surface area contributed by atoms with Gasteiger partial charge in [0.2, 0.25) is 11.2 Å². The smallest absolute Gasteiger partial charge is 0.357 e. The van der Waals surface area contributed by atoms with Crippen molar-refractivity contribution in [3.63, 3.8) is 0 Å². The predicted octanol–water partition coefficient (Wildman–Crippen LogP) is 3.78. The van der Waals surface area contributed by atoms with Crippen LogP contribution in [-0.4, -0.2) is 123 Å². The van der Waals surface area contributed by atoms with Crippen LogP contribution in [0.25, 0.3) is 44.6 Å². The van der Waals surface area contributed by atoms with Crippen LogP contribution in [0, 0.1) is 23.7 Å². The molecule has 0 radical (unpaired) electrons. The number of benzene rings is 4. The summed E-state index contributed by atoms with van der Waals surface area (Å²) in [6.07, 6.45) is 0.517. The molecule has 3 amide bonds. The van der Waals surface area contributed by atoms with Gasteiger partial charge in [-0.1, -0.05) is 47.9 Å². The van der Waals surface area contributed by atoms with E-state index in [2.05, 4.69) is 43.6 Å². The topological polar surface area (TPSA) is 220 Å². The summed E-state index contributed by atoms with van der Waals surface area (Å²) in [5.41, 5.74) is 5.94. The number of ether oxygens (including phenoxy) is 3. The second kappa shape index (κ2) is 18.2. The van der Waals surface area contributed by atoms with Gasteiger partial charge in [-0.25, -0.2) is 24.7 Å². The summed E-state index contributed by atoms with van der Waals surface area (Å²) in [6.45, 7) is 2.85. The van der Waals surface area contributed by atoms with Gasteiger partial charge in [0.05, 0.1) is 31.9 Å². The SMILES string of the molecule is CCOC(=O)c1nc(-c2cccc(C#C[C@]3(O)CCN(C)C3=O)c2)nc2ccc(OC)cc12.COc1ccc2nc(-c3cccc(C#C[C@]4(O)CCN(C)C4=O)c3)nc(C(N)=O)c2c1. The fourth-order valence-corrected chi connectivity index (χ4v) is 7.03. The number of nitrogens with zero attached hydrogens (tertiary/aromatic N) is 6. The number of aliphatic hydroxyl groups is 2. The van der Waals surface area contributed by atoms with E-state index in [1.165, 1.54) is 16.9 Å². The number of aromatic nitrogens is 4. The highest BCUT2D eigenvalue weighted by Gasteiger charge is 2.43. The predicted molar refractivity (Wildman–Crippen MR) is 236 cm³/mol. The Hall–Kier alpha value is -7.92. The summed E-state index contributed by atoms with van der Waals surface area (Å²) in [5, 5.41) is 22.0. The molecule has 4 N–H and O–H groups in total. The number of likely N-dealkylation sites (tertiary alicyclic amines) is 2. The molecule has 2 atom stereocenters. The van der Waals surface area contributed by atoms with Gasteiger partial charge in [-0.05, 0) is 67.6 Å². The van der Waals surface area contributed by atoms with Crippen molar-refractivity contribution in [2.45, 2.75) is 31.0 Å². The number of esters is 1. The van der Waals surface area contributed by atoms with E-state index < -0.39 is 34.9 Å². The molecule has 324 valence electrons. The Labute approximate surface area is 368 Å². The van der Waals surface area contributed by atoms with Crippen LogP contribution in [0.15, 0.2) is 84.9 Å². The lowest BCUT2D eigenvalue weighted by atomic mass is 10.0. The third kappa shape index (κ3) is 9.14. The van der Waals surface area contributed by atoms with Gasteiger partial charge in [0.1, 0.15) is 17.2 Å². The van der Waals surface area contributed by atoms with Crippen LogP contribution >= 0.6 is 0 Å². The molecule has 8 rings (SSSR count). The van der Waals surface area contributed by atoms with Crippen molar-refractivity contribution in [3.8, 4) is 58.0 Å². The van der Waals surface area contributed by atoms with Crippen LogP contribution in [0.5, 0.6) is 11.5 Å². The van der Waals surface area contributed by atoms with Gasteiger partial charge in [0.15, 0.2) is 17.3 Å². The summed E-state index contributed by atoms with van der Waals surface area (Å²) in [7, 11) is 6.34. The van der Waals surface area contributed by atoms with Gasteiger partial charge in [0, 0.05) is 73.1 Å². The van der Waals surface area contributed by atoms with E-state index in [1.54, 1.807) is 113 Å². The van der Waals surface area contributed by atoms with Crippen molar-refractivity contribution in [2.24, 2.45) is 5.73 Å². The number of carbonyl (C=O) groups is 4. The zero-order valence-corrected chi connectivity index (χ0v) is 35.6. The average molecular weight is 862 g/mol. The summed E-state index contributed by atoms with van der Waals surface area (Å²) in [5.74, 6) is 10.9. The Bertz CT molecular complexity index is 2990. The van der Waals surface area contributed by atoms with Gasteiger partial charge in [0.25, 0.3) is 17.7 Å². The monoisotopic (exact) mass is 861 g/mol. The Morgan fingerprint density at radius 3 is 1.55 bits per heavy atom. The number of carbonyl (C=O) groups excluding carboxylic acids is 4. The lowest BCUT2D eigenvalue weighted by molar-refractivity contribution is -0.138. The van der Waals surface area contributed by atoms with Crippen LogP contribution in [0.1, 0.15) is 51.9 Å². The van der Waals surface area contributed by atoms with E-state index in [1.807, 2.05) is 0 Å². The van der Waals surface area contributed by atoms with Crippen molar-refractivity contribution in [2.75, 3.05) is 48.0 Å². The fourth-order valence-electron chi connectivity index (χ4n) is 7.03. The highest BCUT2D eigenvalue weighted by Crippen LogP contribution is 2.29. The minimum absolute atomic E-state index is 0.0873. The van der Waals surface area contributed by atoms with Crippen LogP contribution in [0.4, 0.5) is 0 Å². The van der Waals surface area contributed by atoms with Gasteiger partial charge in [-0.15, -0.1) is 0 Å². The molecule has 64 heavy (non-hydrogen) atoms. The molecule has 0 unspecified atom stereocenters. The van der Waals surface area contributed by atoms with E-state index in [4.69, 9.17) is 19.9 Å². The minimum Gasteiger partial charge on any atom is -0.497 e. The van der Waals surface area contributed by atoms with E-state index in [0.717, 1.165) is 0 Å². The molecule has 16 heteroatoms. The standard InChI is InChI=1S/C25H23N3O5.C23H20N4O4/c1-4-33-23(29)21-19-15-18(32-3)8-9-20(19)26-22(27-21)17-7-5-6-16(14-17)10-11-25(31)12-13-28(2)24(25)30;1-27-11-10-23(30,22(27)29)9-8-14-4-3-5-15(12-14)21-25-18-7-6-16(31-2)13-17(18)19(26-21)20(24)28/h5-9,14-15,31H,4,12-13H2,1-3H3;3-7,12-13,30H,10-11H2,1-2H3,(H2,24,28)/t25-;23-/m00/s1. The number of fused-ring (bicyclic) bond motifs is 2. The largest absolute Gasteiger partial charge is 0.497 e. The zero-order chi connectivity index (χ0) is 45.8. The van der Waals surface area contributed by atoms with Crippen molar-refractivity contribution in [1.82, 2.24) is 29.7 Å². The van der Waals surface area contributed by atoms with Gasteiger partial charge in [-0.2, -0.15) is 0 Å². The molecule has 0 bridgehead atoms. The summed E-state index contributed by atoms with van der Waals surface area (Å²) in [4.78, 5) is 69.8. The highest BCUT2D eigenvalue weighted by molar-refractivity contribution is 6.05. The molecule has 2 saturated heterocycles. The second-order valence-electron chi connectivity index (χ2n) is 15.0. The molecule has 4 aromatic carbocycles. The van der Waals surface area contributed by atoms with E-state index in [0.29, 0.717) is 80.3 Å². The van der Waals surface area contributed by atoms with Gasteiger partial charge < -0.3 is 40.0 Å². The second-order valence-corrected chi connectivity index (χ2v) is 15.0. The molecular weight excluding hydrogens is 819 g/mol. The number of likely N-dealkylation sites (N-methyl/N-ethyl adjacent to an activating group) is 2. The van der Waals surface area contributed by atoms with E-state index in [9.17, 15) is 29.4 Å². The van der Waals surface area contributed by atoms with Crippen LogP contribution in [0.2, 0.25) is 0 Å². The maximum absolute atomic E-state index is 12.6. The Balaban J connectivity index is 0.000000192. The van der Waals surface area contributed by atoms with Crippen molar-refractivity contribution >= 4 is 45.5 Å². The number of methoxy groups -OCH3 is 2. The molecule has 2 aromatic heterocycles. The third-order valence-corrected chi connectivity index (χ3v) is 10.6. The lowest BCUT2D eigenvalue weighted by Crippen LogP contribution is -2.37. The Morgan fingerprint density at radius 1 is 0.688 bits per heavy atom. The maximum atomic E-state index is 12.6. The molecule has 6 aromatic rings. The maximum Gasteiger partial charge on any atom is 0.357 e. The summed E-state index contributed by atoms with van der Waals surface area (Å²) < 4.78 is 15.7. The molecule has 0 aliphatic carbocycles.